The van der Waals surface area contributed by atoms with E-state index in [2.05, 4.69) is 10.6 Å². The van der Waals surface area contributed by atoms with Gasteiger partial charge < -0.3 is 110 Å². The minimum absolute atomic E-state index is 0.785. The molecule has 0 saturated carbocycles. The molecule has 4 aliphatic rings. The Balaban J connectivity index is 1.72. The number of rotatable bonds is 14. The molecule has 21 atom stereocenters. The first-order valence-corrected chi connectivity index (χ1v) is 17.6. The standard InChI is InChI=1S/C31H52N2O23/c1-8-17(41)20(44)21(45)28(50-8)53-23-14(7-36)51-27(47)16(33-10(3)38)25(23)54-29-22(46)26(19(43)13(6-35)52-29)56-31(30(48)49)4-11(39)15(32-9(2)37)24(55-31)18(42)12(40)5-34/h8,11-29,34-36,39-47H,4-7H2,1-3H3,(H,32,37)(H,33,38)(H,48,49)/t8-,11-,12+,13+,14+,15+,16+,17+,18+,19-,20+,21-,22+,23+,24+,25+,26-,27?,28-,29-,31-/m0/s1. The Bertz CT molecular complexity index is 1330. The van der Waals surface area contributed by atoms with Crippen molar-refractivity contribution in [1.29, 1.82) is 0 Å². The lowest BCUT2D eigenvalue weighted by Gasteiger charge is -2.51. The monoisotopic (exact) mass is 820 g/mol. The number of carbonyl (C=O) groups is 3. The quantitative estimate of drug-likeness (QED) is 0.0773. The summed E-state index contributed by atoms with van der Waals surface area (Å²) in [4.78, 5) is 37.0. The van der Waals surface area contributed by atoms with E-state index < -0.39 is 172 Å². The van der Waals surface area contributed by atoms with E-state index in [1.807, 2.05) is 0 Å². The summed E-state index contributed by atoms with van der Waals surface area (Å²) < 4.78 is 39.7. The number of carboxylic acid groups (broad SMARTS) is 1. The molecule has 4 heterocycles. The maximum atomic E-state index is 12.9. The fourth-order valence-corrected chi connectivity index (χ4v) is 6.99. The lowest BCUT2D eigenvalue weighted by atomic mass is 9.88. The first-order chi connectivity index (χ1) is 26.2. The minimum Gasteiger partial charge on any atom is -0.477 e. The van der Waals surface area contributed by atoms with Crippen LogP contribution in [0.25, 0.3) is 0 Å². The maximum absolute atomic E-state index is 12.9. The fourth-order valence-electron chi connectivity index (χ4n) is 6.99. The zero-order chi connectivity index (χ0) is 42.0. The molecule has 4 rings (SSSR count). The first kappa shape index (κ1) is 46.3. The molecule has 324 valence electrons. The summed E-state index contributed by atoms with van der Waals surface area (Å²) in [5.74, 6) is -6.72. The molecule has 4 saturated heterocycles. The van der Waals surface area contributed by atoms with Gasteiger partial charge in [-0.05, 0) is 6.92 Å². The van der Waals surface area contributed by atoms with Crippen LogP contribution in [0, 0.1) is 0 Å². The average molecular weight is 821 g/mol. The van der Waals surface area contributed by atoms with Gasteiger partial charge in [0, 0.05) is 20.3 Å². The Morgan fingerprint density at radius 1 is 0.732 bits per heavy atom. The Hall–Kier alpha value is -2.35. The number of ether oxygens (including phenoxy) is 7. The van der Waals surface area contributed by atoms with Crippen LogP contribution >= 0.6 is 0 Å². The third-order valence-electron chi connectivity index (χ3n) is 9.94. The summed E-state index contributed by atoms with van der Waals surface area (Å²) in [5, 5.41) is 142. The average Bonchev–Trinajstić information content (AvgIpc) is 3.14. The Kier molecular flexibility index (Phi) is 15.8. The number of aliphatic carboxylic acids is 1. The molecule has 4 aliphatic heterocycles. The number of aliphatic hydroxyl groups excluding tert-OH is 12. The van der Waals surface area contributed by atoms with E-state index in [-0.39, 0.29) is 0 Å². The molecule has 0 aromatic rings. The van der Waals surface area contributed by atoms with Crippen molar-refractivity contribution in [3.8, 4) is 0 Å². The molecule has 56 heavy (non-hydrogen) atoms. The summed E-state index contributed by atoms with van der Waals surface area (Å²) in [6, 6.07) is -3.27. The van der Waals surface area contributed by atoms with E-state index >= 15 is 0 Å². The van der Waals surface area contributed by atoms with Crippen molar-refractivity contribution in [3.63, 3.8) is 0 Å². The molecule has 0 spiro atoms. The Morgan fingerprint density at radius 2 is 1.30 bits per heavy atom. The summed E-state index contributed by atoms with van der Waals surface area (Å²) in [6.45, 7) is 0.296. The van der Waals surface area contributed by atoms with Crippen molar-refractivity contribution in [2.45, 2.75) is 155 Å². The maximum Gasteiger partial charge on any atom is 0.364 e. The predicted molar refractivity (Wildman–Crippen MR) is 173 cm³/mol. The van der Waals surface area contributed by atoms with Crippen LogP contribution in [0.5, 0.6) is 0 Å². The van der Waals surface area contributed by atoms with Gasteiger partial charge in [0.05, 0.1) is 38.1 Å². The number of carboxylic acids is 1. The summed E-state index contributed by atoms with van der Waals surface area (Å²) >= 11 is 0. The van der Waals surface area contributed by atoms with E-state index in [1.54, 1.807) is 0 Å². The smallest absolute Gasteiger partial charge is 0.364 e. The summed E-state index contributed by atoms with van der Waals surface area (Å²) in [5.41, 5.74) is 0. The summed E-state index contributed by atoms with van der Waals surface area (Å²) in [7, 11) is 0. The van der Waals surface area contributed by atoms with Gasteiger partial charge in [-0.3, -0.25) is 9.59 Å². The van der Waals surface area contributed by atoms with Gasteiger partial charge in [0.2, 0.25) is 11.8 Å². The van der Waals surface area contributed by atoms with Gasteiger partial charge in [-0.15, -0.1) is 0 Å². The van der Waals surface area contributed by atoms with Crippen molar-refractivity contribution < 1.29 is 114 Å². The normalized spacial score (nSPS) is 45.7. The molecular formula is C31H52N2O23. The fraction of sp³-hybridized carbons (Fsp3) is 0.903. The summed E-state index contributed by atoms with van der Waals surface area (Å²) in [6.07, 6.45) is -35.2. The highest BCUT2D eigenvalue weighted by Crippen LogP contribution is 2.39. The van der Waals surface area contributed by atoms with Gasteiger partial charge in [0.1, 0.15) is 85.4 Å². The molecule has 25 heteroatoms. The minimum atomic E-state index is -3.12. The van der Waals surface area contributed by atoms with Crippen LogP contribution in [0.3, 0.4) is 0 Å². The number of hydrogen-bond acceptors (Lipinski definition) is 22. The van der Waals surface area contributed by atoms with Crippen LogP contribution in [0.1, 0.15) is 27.2 Å². The van der Waals surface area contributed by atoms with E-state index in [1.165, 1.54) is 6.92 Å². The molecule has 2 amide bonds. The highest BCUT2D eigenvalue weighted by molar-refractivity contribution is 5.76. The molecule has 25 nitrogen and oxygen atoms in total. The number of nitrogens with one attached hydrogen (secondary N) is 2. The molecule has 0 aliphatic carbocycles. The number of amides is 2. The van der Waals surface area contributed by atoms with Gasteiger partial charge in [0.25, 0.3) is 5.79 Å². The van der Waals surface area contributed by atoms with Gasteiger partial charge >= 0.3 is 5.97 Å². The third kappa shape index (κ3) is 9.74. The second-order valence-corrected chi connectivity index (χ2v) is 14.0. The number of aliphatic hydroxyl groups is 12. The van der Waals surface area contributed by atoms with Crippen LogP contribution in [0.15, 0.2) is 0 Å². The van der Waals surface area contributed by atoms with Gasteiger partial charge in [-0.25, -0.2) is 4.79 Å². The lowest BCUT2D eigenvalue weighted by Crippen LogP contribution is -2.71. The highest BCUT2D eigenvalue weighted by Gasteiger charge is 2.60. The highest BCUT2D eigenvalue weighted by atomic mass is 16.8. The molecule has 0 aromatic carbocycles. The topological polar surface area (TPSA) is 403 Å². The van der Waals surface area contributed by atoms with E-state index in [4.69, 9.17) is 33.2 Å². The van der Waals surface area contributed by atoms with Crippen LogP contribution in [-0.2, 0) is 47.5 Å². The van der Waals surface area contributed by atoms with Gasteiger partial charge in [-0.1, -0.05) is 0 Å². The molecule has 1 unspecified atom stereocenters. The largest absolute Gasteiger partial charge is 0.477 e. The second kappa shape index (κ2) is 19.1. The van der Waals surface area contributed by atoms with Crippen LogP contribution in [0.4, 0.5) is 0 Å². The molecule has 0 bridgehead atoms. The molecule has 15 N–H and O–H groups in total. The molecular weight excluding hydrogens is 768 g/mol. The second-order valence-electron chi connectivity index (χ2n) is 14.0. The molecule has 0 aromatic heterocycles. The van der Waals surface area contributed by atoms with Crippen molar-refractivity contribution >= 4 is 17.8 Å². The van der Waals surface area contributed by atoms with Crippen LogP contribution < -0.4 is 10.6 Å². The van der Waals surface area contributed by atoms with E-state index in [0.29, 0.717) is 0 Å². The van der Waals surface area contributed by atoms with Crippen molar-refractivity contribution in [3.05, 3.63) is 0 Å². The van der Waals surface area contributed by atoms with Crippen LogP contribution in [0.2, 0.25) is 0 Å². The Morgan fingerprint density at radius 3 is 1.86 bits per heavy atom. The predicted octanol–water partition coefficient (Wildman–Crippen LogP) is -9.23. The van der Waals surface area contributed by atoms with Gasteiger partial charge in [-0.2, -0.15) is 0 Å². The lowest BCUT2D eigenvalue weighted by molar-refractivity contribution is -0.389. The van der Waals surface area contributed by atoms with Crippen molar-refractivity contribution in [2.24, 2.45) is 0 Å². The third-order valence-corrected chi connectivity index (χ3v) is 9.94. The van der Waals surface area contributed by atoms with Gasteiger partial charge in [0.15, 0.2) is 18.9 Å². The van der Waals surface area contributed by atoms with E-state index in [0.717, 1.165) is 13.8 Å². The number of hydrogen-bond donors (Lipinski definition) is 15. The van der Waals surface area contributed by atoms with Crippen molar-refractivity contribution in [1.82, 2.24) is 10.6 Å². The van der Waals surface area contributed by atoms with E-state index in [9.17, 15) is 80.8 Å². The number of carbonyl (C=O) groups excluding carboxylic acids is 2. The first-order valence-electron chi connectivity index (χ1n) is 17.6. The Labute approximate surface area is 317 Å². The zero-order valence-electron chi connectivity index (χ0n) is 30.3. The SMILES string of the molecule is CC(=O)N[C@H]1[C@H]([C@H](O)[C@H](O)CO)O[C@@](O[C@H]2[C@@H](O)[C@@H](CO)O[C@@H](O[C@H]3[C@H](O[C@@H]4O[C@@H](C)[C@@H](O)[C@@H](O)[C@@H]4O)[C@@H](CO)OC(O)[C@@H]3NC(C)=O)[C@@H]2O)(C(=O)O)C[C@@H]1O. The molecule has 4 fully saturated rings. The van der Waals surface area contributed by atoms with Crippen LogP contribution in [-0.4, -0.2) is 232 Å². The van der Waals surface area contributed by atoms with Crippen molar-refractivity contribution in [2.75, 3.05) is 19.8 Å². The molecule has 0 radical (unpaired) electrons. The zero-order valence-corrected chi connectivity index (χ0v) is 30.3.